The summed E-state index contributed by atoms with van der Waals surface area (Å²) in [4.78, 5) is 18.6. The second kappa shape index (κ2) is 9.54. The summed E-state index contributed by atoms with van der Waals surface area (Å²) in [6.07, 6.45) is 0. The molecule has 0 aliphatic rings. The highest BCUT2D eigenvalue weighted by molar-refractivity contribution is 7.98. The number of hydrogen-bond donors (Lipinski definition) is 2. The van der Waals surface area contributed by atoms with Gasteiger partial charge in [0.15, 0.2) is 5.13 Å². The van der Waals surface area contributed by atoms with Crippen LogP contribution in [0.4, 0.5) is 16.6 Å². The SMILES string of the molecule is Cc1noc(C)c1CSc1ccc(Nc2nc(N)c(C(=O)c3c(Cl)cccc3Cl)s2)cc1. The van der Waals surface area contributed by atoms with Crippen molar-refractivity contribution >= 4 is 68.7 Å². The molecular weight excluding hydrogens is 487 g/mol. The lowest BCUT2D eigenvalue weighted by Crippen LogP contribution is -2.04. The maximum Gasteiger partial charge on any atom is 0.209 e. The van der Waals surface area contributed by atoms with E-state index in [0.717, 1.165) is 44.7 Å². The zero-order chi connectivity index (χ0) is 22.8. The molecule has 4 rings (SSSR count). The second-order valence-corrected chi connectivity index (χ2v) is 9.76. The molecule has 2 heterocycles. The number of nitrogens with two attached hydrogens (primary N) is 1. The molecule has 0 radical (unpaired) electrons. The fraction of sp³-hybridized carbons (Fsp3) is 0.136. The number of carbonyl (C=O) groups is 1. The molecule has 0 aliphatic heterocycles. The predicted molar refractivity (Wildman–Crippen MR) is 132 cm³/mol. The molecule has 0 atom stereocenters. The molecule has 3 N–H and O–H groups in total. The Kier molecular flexibility index (Phi) is 6.76. The Hall–Kier alpha value is -2.52. The molecule has 32 heavy (non-hydrogen) atoms. The van der Waals surface area contributed by atoms with Crippen LogP contribution in [0.2, 0.25) is 10.0 Å². The number of ketones is 1. The van der Waals surface area contributed by atoms with E-state index >= 15 is 0 Å². The van der Waals surface area contributed by atoms with Gasteiger partial charge in [0.05, 0.1) is 21.3 Å². The highest BCUT2D eigenvalue weighted by Gasteiger charge is 2.22. The smallest absolute Gasteiger partial charge is 0.209 e. The second-order valence-electron chi connectivity index (χ2n) is 6.90. The van der Waals surface area contributed by atoms with Crippen LogP contribution in [0.1, 0.15) is 32.3 Å². The highest BCUT2D eigenvalue weighted by atomic mass is 35.5. The zero-order valence-corrected chi connectivity index (χ0v) is 20.3. The molecular formula is C22H18Cl2N4O2S2. The lowest BCUT2D eigenvalue weighted by Gasteiger charge is -2.05. The summed E-state index contributed by atoms with van der Waals surface area (Å²) in [5.41, 5.74) is 9.08. The number of hydrogen-bond acceptors (Lipinski definition) is 8. The number of aryl methyl sites for hydroxylation is 2. The lowest BCUT2D eigenvalue weighted by atomic mass is 10.1. The Morgan fingerprint density at radius 3 is 2.47 bits per heavy atom. The van der Waals surface area contributed by atoms with Crippen molar-refractivity contribution in [2.45, 2.75) is 24.5 Å². The average molecular weight is 505 g/mol. The number of halogens is 2. The van der Waals surface area contributed by atoms with Gasteiger partial charge in [-0.05, 0) is 50.2 Å². The Labute approximate surface area is 203 Å². The molecule has 6 nitrogen and oxygen atoms in total. The van der Waals surface area contributed by atoms with Gasteiger partial charge in [-0.2, -0.15) is 0 Å². The van der Waals surface area contributed by atoms with Crippen LogP contribution in [0, 0.1) is 13.8 Å². The standard InChI is InChI=1S/C22H18Cl2N4O2S2/c1-11-15(12(2)30-28-11)10-31-14-8-6-13(7-9-14)26-22-27-21(25)20(32-22)19(29)18-16(23)4-3-5-17(18)24/h3-9H,10,25H2,1-2H3,(H,26,27). The summed E-state index contributed by atoms with van der Waals surface area (Å²) in [5, 5.41) is 8.23. The van der Waals surface area contributed by atoms with Gasteiger partial charge in [-0.3, -0.25) is 4.79 Å². The van der Waals surface area contributed by atoms with E-state index in [1.165, 1.54) is 0 Å². The summed E-state index contributed by atoms with van der Waals surface area (Å²) in [6.45, 7) is 3.86. The summed E-state index contributed by atoms with van der Waals surface area (Å²) in [7, 11) is 0. The molecule has 0 bridgehead atoms. The number of aromatic nitrogens is 2. The molecule has 0 saturated carbocycles. The van der Waals surface area contributed by atoms with Gasteiger partial charge >= 0.3 is 0 Å². The number of nitrogens with zero attached hydrogens (tertiary/aromatic N) is 2. The van der Waals surface area contributed by atoms with Crippen molar-refractivity contribution in [2.75, 3.05) is 11.1 Å². The number of thioether (sulfide) groups is 1. The third-order valence-corrected chi connectivity index (χ3v) is 7.37. The van der Waals surface area contributed by atoms with Crippen molar-refractivity contribution in [3.63, 3.8) is 0 Å². The topological polar surface area (TPSA) is 94.0 Å². The minimum atomic E-state index is -0.352. The van der Waals surface area contributed by atoms with Gasteiger partial charge in [-0.25, -0.2) is 4.98 Å². The van der Waals surface area contributed by atoms with Crippen LogP contribution in [0.3, 0.4) is 0 Å². The molecule has 0 saturated heterocycles. The van der Waals surface area contributed by atoms with Gasteiger partial charge in [0.1, 0.15) is 16.5 Å². The van der Waals surface area contributed by atoms with Crippen LogP contribution in [0.5, 0.6) is 0 Å². The van der Waals surface area contributed by atoms with E-state index in [-0.39, 0.29) is 32.1 Å². The van der Waals surface area contributed by atoms with Crippen LogP contribution in [0.25, 0.3) is 0 Å². The van der Waals surface area contributed by atoms with E-state index in [1.807, 2.05) is 38.1 Å². The largest absolute Gasteiger partial charge is 0.382 e. The Bertz CT molecular complexity index is 1250. The molecule has 0 spiro atoms. The first kappa shape index (κ1) is 22.7. The number of thiazole rings is 1. The first-order valence-corrected chi connectivity index (χ1v) is 12.1. The normalized spacial score (nSPS) is 11.0. The van der Waals surface area contributed by atoms with Gasteiger partial charge < -0.3 is 15.6 Å². The van der Waals surface area contributed by atoms with Crippen LogP contribution >= 0.6 is 46.3 Å². The van der Waals surface area contributed by atoms with E-state index in [0.29, 0.717) is 5.13 Å². The number of nitrogens with one attached hydrogen (secondary N) is 1. The van der Waals surface area contributed by atoms with E-state index in [1.54, 1.807) is 30.0 Å². The van der Waals surface area contributed by atoms with Gasteiger partial charge in [0.2, 0.25) is 5.78 Å². The number of nitrogen functional groups attached to an aromatic ring is 1. The minimum absolute atomic E-state index is 0.130. The molecule has 164 valence electrons. The average Bonchev–Trinajstić information content (AvgIpc) is 3.28. The predicted octanol–water partition coefficient (Wildman–Crippen LogP) is 6.90. The van der Waals surface area contributed by atoms with Crippen molar-refractivity contribution in [2.24, 2.45) is 0 Å². The molecule has 2 aromatic carbocycles. The summed E-state index contributed by atoms with van der Waals surface area (Å²) >= 11 is 15.2. The van der Waals surface area contributed by atoms with E-state index < -0.39 is 0 Å². The van der Waals surface area contributed by atoms with E-state index in [9.17, 15) is 4.79 Å². The summed E-state index contributed by atoms with van der Waals surface area (Å²) < 4.78 is 5.21. The molecule has 0 fully saturated rings. The molecule has 2 aromatic heterocycles. The molecule has 0 amide bonds. The first-order valence-electron chi connectivity index (χ1n) is 9.50. The van der Waals surface area contributed by atoms with Gasteiger partial charge in [-0.1, -0.05) is 45.8 Å². The highest BCUT2D eigenvalue weighted by Crippen LogP contribution is 2.34. The molecule has 4 aromatic rings. The quantitative estimate of drug-likeness (QED) is 0.208. The molecule has 0 unspecified atom stereocenters. The molecule has 0 aliphatic carbocycles. The van der Waals surface area contributed by atoms with Crippen molar-refractivity contribution in [1.82, 2.24) is 10.1 Å². The van der Waals surface area contributed by atoms with E-state index in [2.05, 4.69) is 15.5 Å². The van der Waals surface area contributed by atoms with Gasteiger partial charge in [-0.15, -0.1) is 11.8 Å². The minimum Gasteiger partial charge on any atom is -0.382 e. The van der Waals surface area contributed by atoms with Crippen LogP contribution in [-0.4, -0.2) is 15.9 Å². The Morgan fingerprint density at radius 2 is 1.84 bits per heavy atom. The van der Waals surface area contributed by atoms with Crippen LogP contribution < -0.4 is 11.1 Å². The lowest BCUT2D eigenvalue weighted by molar-refractivity contribution is 0.104. The van der Waals surface area contributed by atoms with Crippen molar-refractivity contribution in [1.29, 1.82) is 0 Å². The van der Waals surface area contributed by atoms with Crippen LogP contribution in [-0.2, 0) is 5.75 Å². The van der Waals surface area contributed by atoms with Crippen molar-refractivity contribution < 1.29 is 9.32 Å². The van der Waals surface area contributed by atoms with Crippen molar-refractivity contribution in [3.05, 3.63) is 80.0 Å². The monoisotopic (exact) mass is 504 g/mol. The van der Waals surface area contributed by atoms with E-state index in [4.69, 9.17) is 33.5 Å². The molecule has 10 heteroatoms. The number of rotatable bonds is 7. The number of carbonyl (C=O) groups excluding carboxylic acids is 1. The number of benzene rings is 2. The van der Waals surface area contributed by atoms with Gasteiger partial charge in [0, 0.05) is 21.9 Å². The first-order chi connectivity index (χ1) is 15.3. The fourth-order valence-electron chi connectivity index (χ4n) is 3.00. The number of anilines is 3. The van der Waals surface area contributed by atoms with Gasteiger partial charge in [0.25, 0.3) is 0 Å². The van der Waals surface area contributed by atoms with Crippen molar-refractivity contribution in [3.8, 4) is 0 Å². The Morgan fingerprint density at radius 1 is 1.16 bits per heavy atom. The Balaban J connectivity index is 1.45. The third kappa shape index (κ3) is 4.78. The third-order valence-electron chi connectivity index (χ3n) is 4.72. The summed E-state index contributed by atoms with van der Waals surface area (Å²) in [5.74, 6) is 1.41. The zero-order valence-electron chi connectivity index (χ0n) is 17.1. The maximum atomic E-state index is 12.9. The summed E-state index contributed by atoms with van der Waals surface area (Å²) in [6, 6.07) is 12.8. The van der Waals surface area contributed by atoms with Crippen LogP contribution in [0.15, 0.2) is 51.9 Å². The maximum absolute atomic E-state index is 12.9. The fourth-order valence-corrected chi connectivity index (χ4v) is 5.47.